The second-order valence-electron chi connectivity index (χ2n) is 6.59. The molecule has 3 atom stereocenters. The summed E-state index contributed by atoms with van der Waals surface area (Å²) in [5.74, 6) is 0.00449. The molecule has 124 valence electrons. The Morgan fingerprint density at radius 1 is 1.18 bits per heavy atom. The smallest absolute Gasteiger partial charge is 0.226 e. The van der Waals surface area contributed by atoms with Crippen molar-refractivity contribution in [2.24, 2.45) is 11.8 Å². The summed E-state index contributed by atoms with van der Waals surface area (Å²) in [4.78, 5) is 28.8. The summed E-state index contributed by atoms with van der Waals surface area (Å²) in [6, 6.07) is 0. The minimum absolute atomic E-state index is 0.0287. The molecule has 6 nitrogen and oxygen atoms in total. The van der Waals surface area contributed by atoms with E-state index in [-0.39, 0.29) is 29.8 Å². The van der Waals surface area contributed by atoms with Crippen LogP contribution in [0.4, 0.5) is 0 Å². The van der Waals surface area contributed by atoms with Crippen molar-refractivity contribution in [3.63, 3.8) is 0 Å². The molecule has 3 unspecified atom stereocenters. The number of rotatable bonds is 5. The first kappa shape index (κ1) is 15.7. The van der Waals surface area contributed by atoms with Gasteiger partial charge in [-0.25, -0.2) is 0 Å². The average molecular weight is 309 g/mol. The van der Waals surface area contributed by atoms with E-state index in [9.17, 15) is 9.59 Å². The number of piperazine rings is 1. The number of carbonyl (C=O) groups is 2. The summed E-state index contributed by atoms with van der Waals surface area (Å²) in [5.41, 5.74) is 0. The Labute approximate surface area is 132 Å². The maximum atomic E-state index is 12.4. The molecule has 0 aromatic rings. The molecule has 3 aliphatic rings. The van der Waals surface area contributed by atoms with Crippen LogP contribution in [0.1, 0.15) is 26.2 Å². The third-order valence-electron chi connectivity index (χ3n) is 5.10. The Morgan fingerprint density at radius 2 is 1.95 bits per heavy atom. The van der Waals surface area contributed by atoms with Crippen LogP contribution in [-0.2, 0) is 14.3 Å². The fraction of sp³-hybridized carbons (Fsp3) is 0.875. The highest BCUT2D eigenvalue weighted by molar-refractivity contribution is 5.92. The van der Waals surface area contributed by atoms with Crippen LogP contribution >= 0.6 is 0 Å². The van der Waals surface area contributed by atoms with Gasteiger partial charge in [0.15, 0.2) is 0 Å². The lowest BCUT2D eigenvalue weighted by atomic mass is 10.2. The molecular weight excluding hydrogens is 282 g/mol. The number of carbonyl (C=O) groups excluding carboxylic acids is 2. The Bertz CT molecular complexity index is 415. The van der Waals surface area contributed by atoms with E-state index >= 15 is 0 Å². The van der Waals surface area contributed by atoms with Gasteiger partial charge in [-0.2, -0.15) is 0 Å². The van der Waals surface area contributed by atoms with Crippen LogP contribution in [0.25, 0.3) is 0 Å². The highest BCUT2D eigenvalue weighted by Gasteiger charge is 2.49. The number of hydrogen-bond donors (Lipinski definition) is 1. The molecule has 2 amide bonds. The topological polar surface area (TPSA) is 61.9 Å². The first-order chi connectivity index (χ1) is 10.7. The van der Waals surface area contributed by atoms with Gasteiger partial charge in [-0.15, -0.1) is 0 Å². The minimum atomic E-state index is -0.113. The second kappa shape index (κ2) is 6.96. The second-order valence-corrected chi connectivity index (χ2v) is 6.59. The van der Waals surface area contributed by atoms with Crippen molar-refractivity contribution in [3.8, 4) is 0 Å². The van der Waals surface area contributed by atoms with E-state index in [0.717, 1.165) is 52.2 Å². The van der Waals surface area contributed by atoms with Crippen molar-refractivity contribution in [1.82, 2.24) is 15.1 Å². The lowest BCUT2D eigenvalue weighted by molar-refractivity contribution is -0.136. The van der Waals surface area contributed by atoms with Gasteiger partial charge in [-0.1, -0.05) is 6.92 Å². The van der Waals surface area contributed by atoms with Crippen molar-refractivity contribution in [2.75, 3.05) is 45.9 Å². The van der Waals surface area contributed by atoms with Gasteiger partial charge < -0.3 is 19.9 Å². The van der Waals surface area contributed by atoms with Crippen molar-refractivity contribution >= 4 is 11.8 Å². The molecule has 2 aliphatic heterocycles. The first-order valence-electron chi connectivity index (χ1n) is 8.59. The molecule has 0 radical (unpaired) electrons. The van der Waals surface area contributed by atoms with E-state index in [1.54, 1.807) is 0 Å². The minimum Gasteiger partial charge on any atom is -0.376 e. The van der Waals surface area contributed by atoms with Crippen LogP contribution in [0.5, 0.6) is 0 Å². The van der Waals surface area contributed by atoms with Crippen molar-refractivity contribution in [3.05, 3.63) is 0 Å². The summed E-state index contributed by atoms with van der Waals surface area (Å²) in [7, 11) is 0. The molecule has 0 aromatic carbocycles. The Balaban J connectivity index is 1.39. The zero-order valence-electron chi connectivity index (χ0n) is 13.4. The monoisotopic (exact) mass is 309 g/mol. The van der Waals surface area contributed by atoms with E-state index in [2.05, 4.69) is 17.1 Å². The Kier molecular flexibility index (Phi) is 4.98. The maximum absolute atomic E-state index is 12.4. The predicted octanol–water partition coefficient (Wildman–Crippen LogP) is 0.0818. The molecule has 0 spiro atoms. The summed E-state index contributed by atoms with van der Waals surface area (Å²) >= 11 is 0. The molecule has 2 heterocycles. The lowest BCUT2D eigenvalue weighted by Crippen LogP contribution is -2.49. The van der Waals surface area contributed by atoms with Crippen LogP contribution in [0.2, 0.25) is 0 Å². The van der Waals surface area contributed by atoms with Gasteiger partial charge in [0.05, 0.1) is 17.9 Å². The summed E-state index contributed by atoms with van der Waals surface area (Å²) in [6.07, 6.45) is 2.98. The van der Waals surface area contributed by atoms with Crippen molar-refractivity contribution < 1.29 is 14.3 Å². The van der Waals surface area contributed by atoms with Crippen LogP contribution in [-0.4, -0.2) is 73.6 Å². The molecule has 1 N–H and O–H groups in total. The van der Waals surface area contributed by atoms with Crippen LogP contribution in [0.3, 0.4) is 0 Å². The van der Waals surface area contributed by atoms with Gasteiger partial charge >= 0.3 is 0 Å². The predicted molar refractivity (Wildman–Crippen MR) is 82.3 cm³/mol. The molecule has 3 fully saturated rings. The summed E-state index contributed by atoms with van der Waals surface area (Å²) in [6.45, 7) is 8.07. The number of ether oxygens (including phenoxy) is 1. The number of hydrogen-bond acceptors (Lipinski definition) is 4. The third-order valence-corrected chi connectivity index (χ3v) is 5.10. The molecular formula is C16H27N3O3. The van der Waals surface area contributed by atoms with Crippen LogP contribution in [0, 0.1) is 11.8 Å². The first-order valence-corrected chi connectivity index (χ1v) is 8.59. The Morgan fingerprint density at radius 3 is 2.59 bits per heavy atom. The van der Waals surface area contributed by atoms with E-state index in [0.29, 0.717) is 13.0 Å². The fourth-order valence-corrected chi connectivity index (χ4v) is 3.43. The number of amides is 2. The quantitative estimate of drug-likeness (QED) is 0.781. The molecule has 0 aromatic heterocycles. The standard InChI is InChI=1S/C16H27N3O3/c1-2-18-5-7-19(8-6-18)16(21)14-10-13(14)15(20)17-11-12-4-3-9-22-12/h12-14H,2-11H2,1H3,(H,17,20). The van der Waals surface area contributed by atoms with Crippen LogP contribution < -0.4 is 5.32 Å². The van der Waals surface area contributed by atoms with E-state index in [1.807, 2.05) is 4.90 Å². The molecule has 0 bridgehead atoms. The number of nitrogens with one attached hydrogen (secondary N) is 1. The summed E-state index contributed by atoms with van der Waals surface area (Å²) in [5, 5.41) is 2.95. The highest BCUT2D eigenvalue weighted by atomic mass is 16.5. The van der Waals surface area contributed by atoms with Gasteiger partial charge in [-0.05, 0) is 25.8 Å². The SMILES string of the molecule is CCN1CCN(C(=O)C2CC2C(=O)NCC2CCCO2)CC1. The number of likely N-dealkylation sites (N-methyl/N-ethyl adjacent to an activating group) is 1. The number of nitrogens with zero attached hydrogens (tertiary/aromatic N) is 2. The van der Waals surface area contributed by atoms with Crippen LogP contribution in [0.15, 0.2) is 0 Å². The van der Waals surface area contributed by atoms with Gasteiger partial charge in [0, 0.05) is 39.3 Å². The van der Waals surface area contributed by atoms with E-state index in [4.69, 9.17) is 4.74 Å². The van der Waals surface area contributed by atoms with E-state index < -0.39 is 0 Å². The van der Waals surface area contributed by atoms with Gasteiger partial charge in [0.2, 0.25) is 11.8 Å². The highest BCUT2D eigenvalue weighted by Crippen LogP contribution is 2.40. The zero-order valence-corrected chi connectivity index (χ0v) is 13.4. The zero-order chi connectivity index (χ0) is 15.5. The summed E-state index contributed by atoms with van der Waals surface area (Å²) < 4.78 is 5.50. The third kappa shape index (κ3) is 3.60. The van der Waals surface area contributed by atoms with Gasteiger partial charge in [0.25, 0.3) is 0 Å². The normalized spacial score (nSPS) is 32.0. The molecule has 1 saturated carbocycles. The van der Waals surface area contributed by atoms with Crippen molar-refractivity contribution in [2.45, 2.75) is 32.3 Å². The van der Waals surface area contributed by atoms with Gasteiger partial charge in [-0.3, -0.25) is 9.59 Å². The average Bonchev–Trinajstić information content (AvgIpc) is 3.19. The lowest BCUT2D eigenvalue weighted by Gasteiger charge is -2.34. The molecule has 6 heteroatoms. The molecule has 1 aliphatic carbocycles. The molecule has 2 saturated heterocycles. The largest absolute Gasteiger partial charge is 0.376 e. The molecule has 3 rings (SSSR count). The molecule has 22 heavy (non-hydrogen) atoms. The van der Waals surface area contributed by atoms with Gasteiger partial charge in [0.1, 0.15) is 0 Å². The fourth-order valence-electron chi connectivity index (χ4n) is 3.43. The Hall–Kier alpha value is -1.14. The van der Waals surface area contributed by atoms with E-state index in [1.165, 1.54) is 0 Å². The van der Waals surface area contributed by atoms with Crippen molar-refractivity contribution in [1.29, 1.82) is 0 Å². The maximum Gasteiger partial charge on any atom is 0.226 e.